The van der Waals surface area contributed by atoms with Gasteiger partial charge in [0.2, 0.25) is 5.91 Å². The molecule has 0 radical (unpaired) electrons. The normalized spacial score (nSPS) is 12.1. The molecule has 2 aromatic carbocycles. The molecule has 0 aliphatic rings. The zero-order valence-electron chi connectivity index (χ0n) is 13.0. The van der Waals surface area contributed by atoms with E-state index in [0.717, 1.165) is 22.9 Å². The first-order valence-corrected chi connectivity index (χ1v) is 7.79. The number of hydrogen-bond acceptors (Lipinski definition) is 3. The summed E-state index contributed by atoms with van der Waals surface area (Å²) in [7, 11) is 0. The molecule has 0 heterocycles. The summed E-state index contributed by atoms with van der Waals surface area (Å²) in [6.45, 7) is 3.11. The van der Waals surface area contributed by atoms with E-state index in [0.29, 0.717) is 26.0 Å². The van der Waals surface area contributed by atoms with E-state index in [1.807, 2.05) is 37.3 Å². The van der Waals surface area contributed by atoms with Gasteiger partial charge in [-0.25, -0.2) is 0 Å². The molecular formula is C18H24N2O2. The van der Waals surface area contributed by atoms with E-state index in [2.05, 4.69) is 17.4 Å². The summed E-state index contributed by atoms with van der Waals surface area (Å²) in [5.74, 6) is 0.928. The minimum Gasteiger partial charge on any atom is -0.493 e. The Balaban J connectivity index is 1.73. The first kappa shape index (κ1) is 16.3. The lowest BCUT2D eigenvalue weighted by molar-refractivity contribution is -0.121. The van der Waals surface area contributed by atoms with Crippen LogP contribution in [0.5, 0.6) is 5.75 Å². The number of nitrogens with one attached hydrogen (secondary N) is 1. The van der Waals surface area contributed by atoms with Gasteiger partial charge in [0.25, 0.3) is 0 Å². The van der Waals surface area contributed by atoms with Gasteiger partial charge in [-0.15, -0.1) is 0 Å². The van der Waals surface area contributed by atoms with E-state index in [1.54, 1.807) is 0 Å². The van der Waals surface area contributed by atoms with Crippen molar-refractivity contribution in [2.45, 2.75) is 32.2 Å². The van der Waals surface area contributed by atoms with Crippen molar-refractivity contribution in [3.8, 4) is 5.75 Å². The van der Waals surface area contributed by atoms with Crippen molar-refractivity contribution in [1.29, 1.82) is 0 Å². The molecule has 0 aromatic heterocycles. The van der Waals surface area contributed by atoms with E-state index in [9.17, 15) is 4.79 Å². The SMILES string of the molecule is CC(N)CCNC(=O)CCCOc1cccc2ccccc12. The summed E-state index contributed by atoms with van der Waals surface area (Å²) < 4.78 is 5.81. The van der Waals surface area contributed by atoms with Crippen LogP contribution < -0.4 is 15.8 Å². The molecule has 4 nitrogen and oxygen atoms in total. The number of amides is 1. The van der Waals surface area contributed by atoms with Crippen molar-refractivity contribution in [1.82, 2.24) is 5.32 Å². The summed E-state index contributed by atoms with van der Waals surface area (Å²) >= 11 is 0. The van der Waals surface area contributed by atoms with Gasteiger partial charge in [-0.05, 0) is 31.2 Å². The topological polar surface area (TPSA) is 64.3 Å². The van der Waals surface area contributed by atoms with Gasteiger partial charge in [-0.3, -0.25) is 4.79 Å². The molecule has 0 aliphatic heterocycles. The fraction of sp³-hybridized carbons (Fsp3) is 0.389. The van der Waals surface area contributed by atoms with E-state index >= 15 is 0 Å². The van der Waals surface area contributed by atoms with Gasteiger partial charge >= 0.3 is 0 Å². The van der Waals surface area contributed by atoms with Crippen LogP contribution >= 0.6 is 0 Å². The Hall–Kier alpha value is -2.07. The third-order valence-corrected chi connectivity index (χ3v) is 3.48. The van der Waals surface area contributed by atoms with Crippen molar-refractivity contribution in [2.75, 3.05) is 13.2 Å². The molecule has 0 aliphatic carbocycles. The molecule has 1 amide bonds. The molecule has 118 valence electrons. The lowest BCUT2D eigenvalue weighted by Crippen LogP contribution is -2.28. The fourth-order valence-electron chi connectivity index (χ4n) is 2.26. The molecule has 1 unspecified atom stereocenters. The Bertz CT molecular complexity index is 606. The minimum absolute atomic E-state index is 0.0576. The van der Waals surface area contributed by atoms with Crippen molar-refractivity contribution < 1.29 is 9.53 Å². The van der Waals surface area contributed by atoms with Crippen LogP contribution in [0.1, 0.15) is 26.2 Å². The van der Waals surface area contributed by atoms with Crippen LogP contribution in [0.2, 0.25) is 0 Å². The molecule has 0 saturated carbocycles. The van der Waals surface area contributed by atoms with Crippen LogP contribution in [-0.4, -0.2) is 25.1 Å². The average Bonchev–Trinajstić information content (AvgIpc) is 2.51. The van der Waals surface area contributed by atoms with Gasteiger partial charge in [0.1, 0.15) is 5.75 Å². The van der Waals surface area contributed by atoms with Crippen LogP contribution in [0.3, 0.4) is 0 Å². The van der Waals surface area contributed by atoms with Crippen molar-refractivity contribution in [3.05, 3.63) is 42.5 Å². The summed E-state index contributed by atoms with van der Waals surface area (Å²) in [5, 5.41) is 5.13. The highest BCUT2D eigenvalue weighted by atomic mass is 16.5. The van der Waals surface area contributed by atoms with Crippen LogP contribution in [0.4, 0.5) is 0 Å². The van der Waals surface area contributed by atoms with Gasteiger partial charge < -0.3 is 15.8 Å². The van der Waals surface area contributed by atoms with Crippen molar-refractivity contribution in [3.63, 3.8) is 0 Å². The molecule has 1 atom stereocenters. The van der Waals surface area contributed by atoms with Crippen LogP contribution in [0.15, 0.2) is 42.5 Å². The second-order valence-corrected chi connectivity index (χ2v) is 5.55. The van der Waals surface area contributed by atoms with Crippen LogP contribution in [0.25, 0.3) is 10.8 Å². The van der Waals surface area contributed by atoms with Crippen molar-refractivity contribution in [2.24, 2.45) is 5.73 Å². The largest absolute Gasteiger partial charge is 0.493 e. The van der Waals surface area contributed by atoms with Crippen molar-refractivity contribution >= 4 is 16.7 Å². The summed E-state index contributed by atoms with van der Waals surface area (Å²) in [4.78, 5) is 11.6. The first-order chi connectivity index (χ1) is 10.7. The number of carbonyl (C=O) groups is 1. The number of rotatable bonds is 8. The Morgan fingerprint density at radius 1 is 1.23 bits per heavy atom. The first-order valence-electron chi connectivity index (χ1n) is 7.79. The molecule has 2 aromatic rings. The molecule has 4 heteroatoms. The van der Waals surface area contributed by atoms with Gasteiger partial charge in [0.15, 0.2) is 0 Å². The van der Waals surface area contributed by atoms with Gasteiger partial charge in [-0.2, -0.15) is 0 Å². The maximum absolute atomic E-state index is 11.6. The molecule has 0 spiro atoms. The highest BCUT2D eigenvalue weighted by Crippen LogP contribution is 2.25. The lowest BCUT2D eigenvalue weighted by Gasteiger charge is -2.10. The summed E-state index contributed by atoms with van der Waals surface area (Å²) in [6.07, 6.45) is 1.98. The molecule has 0 saturated heterocycles. The Morgan fingerprint density at radius 3 is 2.82 bits per heavy atom. The number of ether oxygens (including phenoxy) is 1. The average molecular weight is 300 g/mol. The maximum Gasteiger partial charge on any atom is 0.220 e. The Kier molecular flexibility index (Phi) is 6.22. The fourth-order valence-corrected chi connectivity index (χ4v) is 2.26. The maximum atomic E-state index is 11.6. The zero-order chi connectivity index (χ0) is 15.8. The summed E-state index contributed by atoms with van der Waals surface area (Å²) in [6, 6.07) is 14.3. The number of hydrogen-bond donors (Lipinski definition) is 2. The molecule has 0 fully saturated rings. The van der Waals surface area contributed by atoms with E-state index in [4.69, 9.17) is 10.5 Å². The third-order valence-electron chi connectivity index (χ3n) is 3.48. The van der Waals surface area contributed by atoms with Gasteiger partial charge in [-0.1, -0.05) is 36.4 Å². The Morgan fingerprint density at radius 2 is 2.00 bits per heavy atom. The molecular weight excluding hydrogens is 276 g/mol. The van der Waals surface area contributed by atoms with Crippen LogP contribution in [0, 0.1) is 0 Å². The molecule has 22 heavy (non-hydrogen) atoms. The number of fused-ring (bicyclic) bond motifs is 1. The number of nitrogens with two attached hydrogens (primary N) is 1. The predicted molar refractivity (Wildman–Crippen MR) is 90.0 cm³/mol. The zero-order valence-corrected chi connectivity index (χ0v) is 13.0. The van der Waals surface area contributed by atoms with Gasteiger partial charge in [0.05, 0.1) is 6.61 Å². The quantitative estimate of drug-likeness (QED) is 0.737. The summed E-state index contributed by atoms with van der Waals surface area (Å²) in [5.41, 5.74) is 5.64. The predicted octanol–water partition coefficient (Wildman–Crippen LogP) is 2.85. The minimum atomic E-state index is 0.0576. The van der Waals surface area contributed by atoms with E-state index in [1.165, 1.54) is 0 Å². The molecule has 2 rings (SSSR count). The number of benzene rings is 2. The Labute approximate surface area is 131 Å². The lowest BCUT2D eigenvalue weighted by atomic mass is 10.1. The van der Waals surface area contributed by atoms with E-state index < -0.39 is 0 Å². The molecule has 3 N–H and O–H groups in total. The third kappa shape index (κ3) is 5.04. The monoisotopic (exact) mass is 300 g/mol. The number of carbonyl (C=O) groups excluding carboxylic acids is 1. The highest BCUT2D eigenvalue weighted by Gasteiger charge is 2.04. The standard InChI is InChI=1S/C18H24N2O2/c1-14(19)11-12-20-18(21)10-5-13-22-17-9-4-7-15-6-2-3-8-16(15)17/h2-4,6-9,14H,5,10-13,19H2,1H3,(H,20,21). The molecule has 0 bridgehead atoms. The highest BCUT2D eigenvalue weighted by molar-refractivity contribution is 5.88. The second kappa shape index (κ2) is 8.39. The van der Waals surface area contributed by atoms with E-state index in [-0.39, 0.29) is 11.9 Å². The van der Waals surface area contributed by atoms with Gasteiger partial charge in [0, 0.05) is 24.4 Å². The smallest absolute Gasteiger partial charge is 0.220 e. The van der Waals surface area contributed by atoms with Crippen LogP contribution in [-0.2, 0) is 4.79 Å². The second-order valence-electron chi connectivity index (χ2n) is 5.55.